The molecule has 0 spiro atoms. The van der Waals surface area contributed by atoms with Gasteiger partial charge in [0.05, 0.1) is 13.0 Å². The lowest BCUT2D eigenvalue weighted by Crippen LogP contribution is -2.32. The molecule has 162 valence electrons. The zero-order valence-electron chi connectivity index (χ0n) is 18.4. The number of nitrogens with zero attached hydrogens (tertiary/aromatic N) is 2. The van der Waals surface area contributed by atoms with Crippen LogP contribution in [-0.2, 0) is 14.3 Å². The topological polar surface area (TPSA) is 90.4 Å². The number of amides is 1. The quantitative estimate of drug-likeness (QED) is 0.332. The first-order chi connectivity index (χ1) is 13.7. The lowest BCUT2D eigenvalue weighted by Gasteiger charge is -2.19. The standard InChI is InChI=1S/C22H35N3O4/c1-6-28-20(26)14-18(19-15-24-17(2)25-16-19)12-10-8-7-9-11-13-23-21(27)29-22(3,4)5/h10,12,15-16,18H,6-9,11,13-14H2,1-5H3,(H,23,27)/b12-10+. The van der Waals surface area contributed by atoms with Crippen LogP contribution in [0.25, 0.3) is 0 Å². The molecule has 1 aromatic heterocycles. The fourth-order valence-corrected chi connectivity index (χ4v) is 2.62. The van der Waals surface area contributed by atoms with Crippen molar-refractivity contribution in [1.82, 2.24) is 15.3 Å². The van der Waals surface area contributed by atoms with Crippen LogP contribution in [0, 0.1) is 6.92 Å². The van der Waals surface area contributed by atoms with Gasteiger partial charge in [0.2, 0.25) is 0 Å². The monoisotopic (exact) mass is 405 g/mol. The summed E-state index contributed by atoms with van der Waals surface area (Å²) in [6.07, 6.45) is 11.3. The van der Waals surface area contributed by atoms with Gasteiger partial charge >= 0.3 is 12.1 Å². The molecule has 1 atom stereocenters. The first-order valence-corrected chi connectivity index (χ1v) is 10.3. The predicted octanol–water partition coefficient (Wildman–Crippen LogP) is 4.46. The molecule has 0 aromatic carbocycles. The Morgan fingerprint density at radius 1 is 1.17 bits per heavy atom. The fourth-order valence-electron chi connectivity index (χ4n) is 2.62. The lowest BCUT2D eigenvalue weighted by molar-refractivity contribution is -0.143. The van der Waals surface area contributed by atoms with Crippen LogP contribution >= 0.6 is 0 Å². The maximum absolute atomic E-state index is 11.9. The van der Waals surface area contributed by atoms with Gasteiger partial charge in [0.1, 0.15) is 11.4 Å². The third-order valence-electron chi connectivity index (χ3n) is 4.01. The summed E-state index contributed by atoms with van der Waals surface area (Å²) >= 11 is 0. The number of alkyl carbamates (subject to hydrolysis) is 1. The molecule has 0 radical (unpaired) electrons. The molecule has 0 fully saturated rings. The first kappa shape index (κ1) is 24.6. The molecule has 1 amide bonds. The molecule has 0 aliphatic heterocycles. The van der Waals surface area contributed by atoms with Crippen molar-refractivity contribution < 1.29 is 19.1 Å². The van der Waals surface area contributed by atoms with E-state index in [4.69, 9.17) is 9.47 Å². The number of nitrogens with one attached hydrogen (secondary N) is 1. The molecule has 7 heteroatoms. The van der Waals surface area contributed by atoms with Gasteiger partial charge in [0.25, 0.3) is 0 Å². The molecule has 0 saturated carbocycles. The number of hydrogen-bond donors (Lipinski definition) is 1. The van der Waals surface area contributed by atoms with E-state index < -0.39 is 5.60 Å². The smallest absolute Gasteiger partial charge is 0.407 e. The van der Waals surface area contributed by atoms with Crippen molar-refractivity contribution in [3.63, 3.8) is 0 Å². The Hall–Kier alpha value is -2.44. The van der Waals surface area contributed by atoms with E-state index in [1.165, 1.54) is 0 Å². The second kappa shape index (κ2) is 12.9. The van der Waals surface area contributed by atoms with Gasteiger partial charge in [-0.2, -0.15) is 0 Å². The third kappa shape index (κ3) is 11.9. The van der Waals surface area contributed by atoms with Crippen LogP contribution in [0.1, 0.15) is 77.1 Å². The first-order valence-electron chi connectivity index (χ1n) is 10.3. The molecule has 0 saturated heterocycles. The van der Waals surface area contributed by atoms with Gasteiger partial charge in [0.15, 0.2) is 0 Å². The molecular formula is C22H35N3O4. The van der Waals surface area contributed by atoms with Crippen molar-refractivity contribution in [2.45, 2.75) is 78.2 Å². The number of esters is 1. The number of allylic oxidation sites excluding steroid dienone is 2. The van der Waals surface area contributed by atoms with Gasteiger partial charge in [-0.3, -0.25) is 4.79 Å². The molecule has 1 N–H and O–H groups in total. The molecular weight excluding hydrogens is 370 g/mol. The Labute approximate surface area is 174 Å². The van der Waals surface area contributed by atoms with Gasteiger partial charge in [-0.1, -0.05) is 18.6 Å². The summed E-state index contributed by atoms with van der Waals surface area (Å²) < 4.78 is 10.3. The molecule has 1 rings (SSSR count). The van der Waals surface area contributed by atoms with Crippen molar-refractivity contribution in [3.05, 3.63) is 35.9 Å². The van der Waals surface area contributed by atoms with Crippen LogP contribution in [-0.4, -0.2) is 40.8 Å². The van der Waals surface area contributed by atoms with Crippen molar-refractivity contribution in [2.75, 3.05) is 13.2 Å². The van der Waals surface area contributed by atoms with E-state index in [0.29, 0.717) is 19.0 Å². The number of unbranched alkanes of at least 4 members (excludes halogenated alkanes) is 3. The Morgan fingerprint density at radius 2 is 1.86 bits per heavy atom. The van der Waals surface area contributed by atoms with Crippen molar-refractivity contribution in [2.24, 2.45) is 0 Å². The molecule has 0 bridgehead atoms. The van der Waals surface area contributed by atoms with Crippen LogP contribution in [0.15, 0.2) is 24.5 Å². The Kier molecular flexibility index (Phi) is 10.9. The summed E-state index contributed by atoms with van der Waals surface area (Å²) in [6.45, 7) is 10.1. The minimum atomic E-state index is -0.475. The maximum atomic E-state index is 11.9. The number of carbonyl (C=O) groups excluding carboxylic acids is 2. The predicted molar refractivity (Wildman–Crippen MR) is 113 cm³/mol. The van der Waals surface area contributed by atoms with Crippen LogP contribution in [0.2, 0.25) is 0 Å². The van der Waals surface area contributed by atoms with E-state index in [2.05, 4.69) is 21.4 Å². The molecule has 7 nitrogen and oxygen atoms in total. The number of hydrogen-bond acceptors (Lipinski definition) is 6. The number of ether oxygens (including phenoxy) is 2. The minimum Gasteiger partial charge on any atom is -0.466 e. The fraction of sp³-hybridized carbons (Fsp3) is 0.636. The molecule has 0 aliphatic carbocycles. The van der Waals surface area contributed by atoms with Crippen LogP contribution in [0.5, 0.6) is 0 Å². The highest BCUT2D eigenvalue weighted by Crippen LogP contribution is 2.21. The highest BCUT2D eigenvalue weighted by Gasteiger charge is 2.16. The van der Waals surface area contributed by atoms with Gasteiger partial charge in [-0.15, -0.1) is 0 Å². The van der Waals surface area contributed by atoms with E-state index in [1.807, 2.05) is 33.8 Å². The third-order valence-corrected chi connectivity index (χ3v) is 4.01. The summed E-state index contributed by atoms with van der Waals surface area (Å²) in [6, 6.07) is 0. The number of carbonyl (C=O) groups is 2. The molecule has 1 unspecified atom stereocenters. The largest absolute Gasteiger partial charge is 0.466 e. The summed E-state index contributed by atoms with van der Waals surface area (Å²) in [4.78, 5) is 31.9. The average molecular weight is 406 g/mol. The Balaban J connectivity index is 2.37. The second-order valence-corrected chi connectivity index (χ2v) is 7.89. The zero-order chi connectivity index (χ0) is 21.7. The summed E-state index contributed by atoms with van der Waals surface area (Å²) in [5, 5.41) is 2.76. The zero-order valence-corrected chi connectivity index (χ0v) is 18.4. The minimum absolute atomic E-state index is 0.0940. The van der Waals surface area contributed by atoms with Gasteiger partial charge in [-0.25, -0.2) is 14.8 Å². The second-order valence-electron chi connectivity index (χ2n) is 7.89. The highest BCUT2D eigenvalue weighted by molar-refractivity contribution is 5.71. The number of aromatic nitrogens is 2. The molecule has 29 heavy (non-hydrogen) atoms. The molecule has 1 aromatic rings. The number of aryl methyl sites for hydroxylation is 1. The highest BCUT2D eigenvalue weighted by atomic mass is 16.6. The van der Waals surface area contributed by atoms with Crippen LogP contribution in [0.4, 0.5) is 4.79 Å². The lowest BCUT2D eigenvalue weighted by atomic mass is 9.97. The average Bonchev–Trinajstić information content (AvgIpc) is 2.62. The van der Waals surface area contributed by atoms with Gasteiger partial charge in [-0.05, 0) is 59.4 Å². The maximum Gasteiger partial charge on any atom is 0.407 e. The van der Waals surface area contributed by atoms with E-state index in [1.54, 1.807) is 19.3 Å². The van der Waals surface area contributed by atoms with Gasteiger partial charge in [0, 0.05) is 24.9 Å². The number of rotatable bonds is 11. The molecule has 1 heterocycles. The van der Waals surface area contributed by atoms with E-state index in [0.717, 1.165) is 31.2 Å². The van der Waals surface area contributed by atoms with Crippen molar-refractivity contribution in [3.8, 4) is 0 Å². The van der Waals surface area contributed by atoms with Gasteiger partial charge < -0.3 is 14.8 Å². The summed E-state index contributed by atoms with van der Waals surface area (Å²) in [5.74, 6) is 0.382. The van der Waals surface area contributed by atoms with Crippen LogP contribution in [0.3, 0.4) is 0 Å². The normalized spacial score (nSPS) is 12.6. The van der Waals surface area contributed by atoms with E-state index in [-0.39, 0.29) is 24.4 Å². The Morgan fingerprint density at radius 3 is 2.48 bits per heavy atom. The molecule has 0 aliphatic rings. The van der Waals surface area contributed by atoms with E-state index in [9.17, 15) is 9.59 Å². The van der Waals surface area contributed by atoms with Crippen molar-refractivity contribution in [1.29, 1.82) is 0 Å². The summed E-state index contributed by atoms with van der Waals surface area (Å²) in [5.41, 5.74) is 0.429. The van der Waals surface area contributed by atoms with Crippen LogP contribution < -0.4 is 5.32 Å². The SMILES string of the molecule is CCOC(=O)CC(/C=C/CCCCCNC(=O)OC(C)(C)C)c1cnc(C)nc1. The summed E-state index contributed by atoms with van der Waals surface area (Å²) in [7, 11) is 0. The van der Waals surface area contributed by atoms with E-state index >= 15 is 0 Å². The Bertz CT molecular complexity index is 651. The van der Waals surface area contributed by atoms with Crippen molar-refractivity contribution >= 4 is 12.1 Å².